The van der Waals surface area contributed by atoms with Crippen molar-refractivity contribution < 1.29 is 4.79 Å². The normalized spacial score (nSPS) is 11.0. The second kappa shape index (κ2) is 7.92. The number of para-hydroxylation sites is 1. The predicted octanol–water partition coefficient (Wildman–Crippen LogP) is 3.89. The fraction of sp³-hybridized carbons (Fsp3) is 0.217. The molecule has 0 aliphatic rings. The summed E-state index contributed by atoms with van der Waals surface area (Å²) in [6.45, 7) is 6.57. The number of amides is 1. The summed E-state index contributed by atoms with van der Waals surface area (Å²) in [5, 5.41) is 5.25. The molecule has 0 saturated heterocycles. The van der Waals surface area contributed by atoms with E-state index in [2.05, 4.69) is 27.1 Å². The van der Waals surface area contributed by atoms with Crippen LogP contribution in [0.1, 0.15) is 27.9 Å². The summed E-state index contributed by atoms with van der Waals surface area (Å²) in [5.41, 5.74) is 9.01. The number of hydrogen-bond donors (Lipinski definition) is 1. The van der Waals surface area contributed by atoms with Crippen molar-refractivity contribution in [3.8, 4) is 12.3 Å². The van der Waals surface area contributed by atoms with E-state index in [-0.39, 0.29) is 5.91 Å². The molecule has 1 amide bonds. The van der Waals surface area contributed by atoms with Crippen LogP contribution in [0, 0.1) is 33.1 Å². The van der Waals surface area contributed by atoms with E-state index >= 15 is 0 Å². The maximum absolute atomic E-state index is 12.2. The smallest absolute Gasteiger partial charge is 0.244 e. The number of aryl methyl sites for hydroxylation is 2. The summed E-state index contributed by atoms with van der Waals surface area (Å²) in [7, 11) is 0. The number of nitrogens with zero attached hydrogens (tertiary/aromatic N) is 2. The largest absolute Gasteiger partial charge is 0.333 e. The highest BCUT2D eigenvalue weighted by Crippen LogP contribution is 2.24. The van der Waals surface area contributed by atoms with Crippen LogP contribution in [0.2, 0.25) is 0 Å². The first-order valence-electron chi connectivity index (χ1n) is 8.90. The molecule has 0 bridgehead atoms. The average Bonchev–Trinajstić information content (AvgIpc) is 2.90. The highest BCUT2D eigenvalue weighted by atomic mass is 16.2. The summed E-state index contributed by atoms with van der Waals surface area (Å²) in [5.74, 6) is 2.55. The van der Waals surface area contributed by atoms with Gasteiger partial charge in [-0.3, -0.25) is 4.79 Å². The monoisotopic (exact) mass is 357 g/mol. The molecular weight excluding hydrogens is 334 g/mol. The third kappa shape index (κ3) is 3.93. The van der Waals surface area contributed by atoms with Crippen LogP contribution < -0.4 is 5.43 Å². The lowest BCUT2D eigenvalue weighted by Crippen LogP contribution is -2.20. The van der Waals surface area contributed by atoms with Crippen LogP contribution >= 0.6 is 0 Å². The van der Waals surface area contributed by atoms with Crippen LogP contribution in [0.5, 0.6) is 0 Å². The molecule has 4 heteroatoms. The SMILES string of the molecule is C#CCn1c(C)c(/C=N\NC(=O)Cc2ccc(C)cc2C)c2ccccc21. The molecule has 1 heterocycles. The van der Waals surface area contributed by atoms with Crippen LogP contribution in [-0.2, 0) is 17.8 Å². The number of nitrogens with one attached hydrogen (secondary N) is 1. The third-order valence-electron chi connectivity index (χ3n) is 4.76. The minimum Gasteiger partial charge on any atom is -0.333 e. The Morgan fingerprint density at radius 1 is 1.22 bits per heavy atom. The van der Waals surface area contributed by atoms with Crippen molar-refractivity contribution in [1.82, 2.24) is 9.99 Å². The van der Waals surface area contributed by atoms with E-state index in [1.807, 2.05) is 57.2 Å². The van der Waals surface area contributed by atoms with Gasteiger partial charge in [-0.1, -0.05) is 47.9 Å². The zero-order chi connectivity index (χ0) is 19.4. The lowest BCUT2D eigenvalue weighted by Gasteiger charge is -2.05. The second-order valence-electron chi connectivity index (χ2n) is 6.71. The number of benzene rings is 2. The van der Waals surface area contributed by atoms with Gasteiger partial charge in [0, 0.05) is 22.2 Å². The van der Waals surface area contributed by atoms with E-state index in [0.717, 1.165) is 33.3 Å². The van der Waals surface area contributed by atoms with Crippen LogP contribution in [0.25, 0.3) is 10.9 Å². The van der Waals surface area contributed by atoms with Gasteiger partial charge in [-0.2, -0.15) is 5.10 Å². The Balaban J connectivity index is 1.77. The van der Waals surface area contributed by atoms with Gasteiger partial charge in [0.15, 0.2) is 0 Å². The zero-order valence-electron chi connectivity index (χ0n) is 15.9. The van der Waals surface area contributed by atoms with E-state index in [1.54, 1.807) is 6.21 Å². The molecule has 0 spiro atoms. The van der Waals surface area contributed by atoms with Crippen molar-refractivity contribution in [2.75, 3.05) is 0 Å². The lowest BCUT2D eigenvalue weighted by molar-refractivity contribution is -0.120. The van der Waals surface area contributed by atoms with E-state index in [0.29, 0.717) is 13.0 Å². The molecule has 3 rings (SSSR count). The van der Waals surface area contributed by atoms with Crippen LogP contribution in [0.15, 0.2) is 47.6 Å². The molecule has 1 N–H and O–H groups in total. The standard InChI is InChI=1S/C23H23N3O/c1-5-12-26-18(4)21(20-8-6-7-9-22(20)26)15-24-25-23(27)14-19-11-10-16(2)13-17(19)3/h1,6-11,13,15H,12,14H2,2-4H3,(H,25,27)/b24-15-. The van der Waals surface area contributed by atoms with E-state index in [9.17, 15) is 4.79 Å². The number of fused-ring (bicyclic) bond motifs is 1. The summed E-state index contributed by atoms with van der Waals surface area (Å²) in [6.07, 6.45) is 7.51. The molecule has 0 atom stereocenters. The minimum absolute atomic E-state index is 0.136. The Labute approximate surface area is 159 Å². The summed E-state index contributed by atoms with van der Waals surface area (Å²) >= 11 is 0. The van der Waals surface area contributed by atoms with E-state index in [1.165, 1.54) is 5.56 Å². The third-order valence-corrected chi connectivity index (χ3v) is 4.76. The molecule has 27 heavy (non-hydrogen) atoms. The van der Waals surface area contributed by atoms with E-state index < -0.39 is 0 Å². The molecule has 0 fully saturated rings. The first kappa shape index (κ1) is 18.5. The van der Waals surface area contributed by atoms with Crippen LogP contribution in [-0.4, -0.2) is 16.7 Å². The van der Waals surface area contributed by atoms with Crippen molar-refractivity contribution in [2.24, 2.45) is 5.10 Å². The van der Waals surface area contributed by atoms with Gasteiger partial charge in [0.05, 0.1) is 19.2 Å². The van der Waals surface area contributed by atoms with Gasteiger partial charge in [0.1, 0.15) is 0 Å². The fourth-order valence-electron chi connectivity index (χ4n) is 3.34. The Morgan fingerprint density at radius 2 is 2.00 bits per heavy atom. The number of carbonyl (C=O) groups is 1. The molecule has 4 nitrogen and oxygen atoms in total. The second-order valence-corrected chi connectivity index (χ2v) is 6.71. The zero-order valence-corrected chi connectivity index (χ0v) is 15.9. The molecule has 2 aromatic carbocycles. The van der Waals surface area contributed by atoms with Gasteiger partial charge in [0.25, 0.3) is 0 Å². The Kier molecular flexibility index (Phi) is 5.42. The Bertz CT molecular complexity index is 1070. The Morgan fingerprint density at radius 3 is 2.74 bits per heavy atom. The maximum Gasteiger partial charge on any atom is 0.244 e. The molecular formula is C23H23N3O. The number of rotatable bonds is 5. The number of carbonyl (C=O) groups excluding carboxylic acids is 1. The highest BCUT2D eigenvalue weighted by Gasteiger charge is 2.11. The number of terminal acetylenes is 1. The highest BCUT2D eigenvalue weighted by molar-refractivity contribution is 6.01. The average molecular weight is 357 g/mol. The molecule has 0 aliphatic carbocycles. The molecule has 136 valence electrons. The quantitative estimate of drug-likeness (QED) is 0.420. The molecule has 3 aromatic rings. The van der Waals surface area contributed by atoms with Gasteiger partial charge in [0.2, 0.25) is 5.91 Å². The predicted molar refractivity (Wildman–Crippen MR) is 111 cm³/mol. The fourth-order valence-corrected chi connectivity index (χ4v) is 3.34. The van der Waals surface area contributed by atoms with Crippen molar-refractivity contribution in [3.63, 3.8) is 0 Å². The van der Waals surface area contributed by atoms with Gasteiger partial charge in [-0.25, -0.2) is 5.43 Å². The van der Waals surface area contributed by atoms with E-state index in [4.69, 9.17) is 6.42 Å². The van der Waals surface area contributed by atoms with Crippen molar-refractivity contribution >= 4 is 23.0 Å². The molecule has 0 unspecified atom stereocenters. The van der Waals surface area contributed by atoms with Gasteiger partial charge in [-0.05, 0) is 38.0 Å². The van der Waals surface area contributed by atoms with Crippen molar-refractivity contribution in [2.45, 2.75) is 33.7 Å². The van der Waals surface area contributed by atoms with Crippen LogP contribution in [0.4, 0.5) is 0 Å². The molecule has 1 aromatic heterocycles. The maximum atomic E-state index is 12.2. The summed E-state index contributed by atoms with van der Waals surface area (Å²) in [4.78, 5) is 12.2. The topological polar surface area (TPSA) is 46.4 Å². The Hall–Kier alpha value is -3.32. The van der Waals surface area contributed by atoms with Gasteiger partial charge >= 0.3 is 0 Å². The first-order chi connectivity index (χ1) is 13.0. The summed E-state index contributed by atoms with van der Waals surface area (Å²) < 4.78 is 2.08. The van der Waals surface area contributed by atoms with Gasteiger partial charge < -0.3 is 4.57 Å². The number of aromatic nitrogens is 1. The van der Waals surface area contributed by atoms with Crippen LogP contribution in [0.3, 0.4) is 0 Å². The number of hydrazone groups is 1. The minimum atomic E-state index is -0.136. The lowest BCUT2D eigenvalue weighted by atomic mass is 10.0. The molecule has 0 radical (unpaired) electrons. The number of hydrogen-bond acceptors (Lipinski definition) is 2. The first-order valence-corrected chi connectivity index (χ1v) is 8.90. The molecule has 0 aliphatic heterocycles. The molecule has 0 saturated carbocycles. The van der Waals surface area contributed by atoms with Gasteiger partial charge in [-0.15, -0.1) is 6.42 Å². The summed E-state index contributed by atoms with van der Waals surface area (Å²) in [6, 6.07) is 14.1. The van der Waals surface area contributed by atoms with Crippen molar-refractivity contribution in [1.29, 1.82) is 0 Å². The van der Waals surface area contributed by atoms with Crippen molar-refractivity contribution in [3.05, 3.63) is 70.4 Å².